The van der Waals surface area contributed by atoms with Crippen LogP contribution in [-0.2, 0) is 13.2 Å². The SMILES string of the molecule is CCn1c(-c2cccc(C)c2)nn(CN2CCN(c3ccc([N+](=O)[O-])cc3)CC2)c1=S. The summed E-state index contributed by atoms with van der Waals surface area (Å²) in [6, 6.07) is 15.1. The molecule has 1 aromatic heterocycles. The molecule has 0 aliphatic carbocycles. The Morgan fingerprint density at radius 3 is 2.42 bits per heavy atom. The largest absolute Gasteiger partial charge is 0.369 e. The zero-order valence-electron chi connectivity index (χ0n) is 17.8. The molecular weight excluding hydrogens is 412 g/mol. The van der Waals surface area contributed by atoms with Crippen LogP contribution in [0.4, 0.5) is 11.4 Å². The molecule has 0 saturated carbocycles. The summed E-state index contributed by atoms with van der Waals surface area (Å²) in [6.45, 7) is 9.04. The Balaban J connectivity index is 1.45. The average molecular weight is 439 g/mol. The molecule has 0 atom stereocenters. The number of nitro groups is 1. The first kappa shape index (κ1) is 21.2. The van der Waals surface area contributed by atoms with E-state index >= 15 is 0 Å². The lowest BCUT2D eigenvalue weighted by Crippen LogP contribution is -2.47. The maximum atomic E-state index is 10.9. The smallest absolute Gasteiger partial charge is 0.269 e. The fourth-order valence-electron chi connectivity index (χ4n) is 3.94. The third kappa shape index (κ3) is 4.52. The number of aromatic nitrogens is 3. The van der Waals surface area contributed by atoms with Crippen molar-refractivity contribution in [3.05, 3.63) is 69.0 Å². The third-order valence-corrected chi connectivity index (χ3v) is 6.08. The Hall–Kier alpha value is -3.04. The molecule has 162 valence electrons. The Morgan fingerprint density at radius 2 is 1.81 bits per heavy atom. The van der Waals surface area contributed by atoms with Crippen molar-refractivity contribution in [2.45, 2.75) is 27.1 Å². The topological polar surface area (TPSA) is 72.4 Å². The van der Waals surface area contributed by atoms with Gasteiger partial charge in [0.25, 0.3) is 5.69 Å². The van der Waals surface area contributed by atoms with Gasteiger partial charge in [-0.1, -0.05) is 23.8 Å². The summed E-state index contributed by atoms with van der Waals surface area (Å²) in [6.07, 6.45) is 0. The second-order valence-corrected chi connectivity index (χ2v) is 8.10. The van der Waals surface area contributed by atoms with E-state index < -0.39 is 0 Å². The van der Waals surface area contributed by atoms with Crippen LogP contribution < -0.4 is 4.90 Å². The minimum atomic E-state index is -0.369. The van der Waals surface area contributed by atoms with Gasteiger partial charge in [0.2, 0.25) is 0 Å². The van der Waals surface area contributed by atoms with E-state index in [-0.39, 0.29) is 10.6 Å². The summed E-state index contributed by atoms with van der Waals surface area (Å²) >= 11 is 5.72. The van der Waals surface area contributed by atoms with Crippen LogP contribution in [0.2, 0.25) is 0 Å². The fourth-order valence-corrected chi connectivity index (χ4v) is 4.25. The van der Waals surface area contributed by atoms with Gasteiger partial charge in [-0.3, -0.25) is 15.0 Å². The van der Waals surface area contributed by atoms with E-state index in [1.807, 2.05) is 22.9 Å². The van der Waals surface area contributed by atoms with Gasteiger partial charge >= 0.3 is 0 Å². The molecule has 0 radical (unpaired) electrons. The van der Waals surface area contributed by atoms with Crippen LogP contribution in [0.1, 0.15) is 12.5 Å². The molecule has 0 bridgehead atoms. The summed E-state index contributed by atoms with van der Waals surface area (Å²) in [7, 11) is 0. The molecule has 1 aliphatic rings. The van der Waals surface area contributed by atoms with E-state index in [4.69, 9.17) is 17.3 Å². The molecule has 1 fully saturated rings. The van der Waals surface area contributed by atoms with Gasteiger partial charge in [-0.05, 0) is 44.3 Å². The highest BCUT2D eigenvalue weighted by atomic mass is 32.1. The zero-order chi connectivity index (χ0) is 22.0. The molecule has 8 nitrogen and oxygen atoms in total. The second kappa shape index (κ2) is 8.99. The monoisotopic (exact) mass is 438 g/mol. The van der Waals surface area contributed by atoms with Crippen LogP contribution in [0.25, 0.3) is 11.4 Å². The van der Waals surface area contributed by atoms with Crippen molar-refractivity contribution in [2.24, 2.45) is 0 Å². The molecule has 2 aromatic carbocycles. The number of hydrogen-bond donors (Lipinski definition) is 0. The van der Waals surface area contributed by atoms with Crippen molar-refractivity contribution in [3.63, 3.8) is 0 Å². The van der Waals surface area contributed by atoms with E-state index in [0.717, 1.165) is 54.6 Å². The van der Waals surface area contributed by atoms with Crippen LogP contribution in [-0.4, -0.2) is 50.3 Å². The van der Waals surface area contributed by atoms with Crippen LogP contribution in [0.5, 0.6) is 0 Å². The van der Waals surface area contributed by atoms with Crippen molar-refractivity contribution in [1.82, 2.24) is 19.2 Å². The van der Waals surface area contributed by atoms with Gasteiger partial charge in [-0.2, -0.15) is 5.10 Å². The highest BCUT2D eigenvalue weighted by Gasteiger charge is 2.20. The van der Waals surface area contributed by atoms with Gasteiger partial charge in [0.05, 0.1) is 11.6 Å². The number of piperazine rings is 1. The van der Waals surface area contributed by atoms with E-state index in [1.165, 1.54) is 5.56 Å². The zero-order valence-corrected chi connectivity index (χ0v) is 18.6. The molecule has 1 aliphatic heterocycles. The maximum Gasteiger partial charge on any atom is 0.269 e. The van der Waals surface area contributed by atoms with Gasteiger partial charge in [-0.15, -0.1) is 0 Å². The number of aryl methyl sites for hydroxylation is 1. The van der Waals surface area contributed by atoms with Gasteiger partial charge in [0.15, 0.2) is 10.6 Å². The van der Waals surface area contributed by atoms with E-state index in [0.29, 0.717) is 6.67 Å². The third-order valence-electron chi connectivity index (χ3n) is 5.65. The van der Waals surface area contributed by atoms with Crippen molar-refractivity contribution in [1.29, 1.82) is 0 Å². The number of nitrogens with zero attached hydrogens (tertiary/aromatic N) is 6. The normalized spacial score (nSPS) is 14.7. The number of rotatable bonds is 6. The fraction of sp³-hybridized carbons (Fsp3) is 0.364. The van der Waals surface area contributed by atoms with Crippen LogP contribution in [0, 0.1) is 21.8 Å². The molecule has 3 aromatic rings. The number of hydrogen-bond acceptors (Lipinski definition) is 6. The molecule has 2 heterocycles. The van der Waals surface area contributed by atoms with Crippen LogP contribution in [0.15, 0.2) is 48.5 Å². The molecule has 0 amide bonds. The van der Waals surface area contributed by atoms with Crippen molar-refractivity contribution in [2.75, 3.05) is 31.1 Å². The second-order valence-electron chi connectivity index (χ2n) is 7.74. The Kier molecular flexibility index (Phi) is 6.15. The Morgan fingerprint density at radius 1 is 1.10 bits per heavy atom. The maximum absolute atomic E-state index is 10.9. The van der Waals surface area contributed by atoms with Crippen molar-refractivity contribution in [3.8, 4) is 11.4 Å². The highest BCUT2D eigenvalue weighted by molar-refractivity contribution is 7.71. The first-order chi connectivity index (χ1) is 15.0. The summed E-state index contributed by atoms with van der Waals surface area (Å²) in [5.41, 5.74) is 3.41. The quantitative estimate of drug-likeness (QED) is 0.328. The Bertz CT molecular complexity index is 1130. The summed E-state index contributed by atoms with van der Waals surface area (Å²) in [5, 5.41) is 15.7. The molecule has 31 heavy (non-hydrogen) atoms. The van der Waals surface area contributed by atoms with E-state index in [9.17, 15) is 10.1 Å². The number of anilines is 1. The minimum Gasteiger partial charge on any atom is -0.369 e. The van der Waals surface area contributed by atoms with Crippen molar-refractivity contribution < 1.29 is 4.92 Å². The van der Waals surface area contributed by atoms with Crippen molar-refractivity contribution >= 4 is 23.6 Å². The van der Waals surface area contributed by atoms with Crippen LogP contribution in [0.3, 0.4) is 0 Å². The predicted octanol–water partition coefficient (Wildman–Crippen LogP) is 4.10. The molecule has 4 rings (SSSR count). The average Bonchev–Trinajstić information content (AvgIpc) is 3.09. The number of benzene rings is 2. The van der Waals surface area contributed by atoms with Crippen LogP contribution >= 0.6 is 12.2 Å². The standard InChI is InChI=1S/C22H26N6O2S/c1-3-26-21(18-6-4-5-17(2)15-18)23-27(22(26)31)16-24-11-13-25(14-12-24)19-7-9-20(10-8-19)28(29)30/h4-10,15H,3,11-14,16H2,1-2H3. The molecule has 0 spiro atoms. The molecule has 0 N–H and O–H groups in total. The van der Waals surface area contributed by atoms with Gasteiger partial charge in [0.1, 0.15) is 0 Å². The number of nitro benzene ring substituents is 1. The van der Waals surface area contributed by atoms with Gasteiger partial charge < -0.3 is 9.47 Å². The summed E-state index contributed by atoms with van der Waals surface area (Å²) in [5.74, 6) is 0.903. The van der Waals surface area contributed by atoms with E-state index in [1.54, 1.807) is 12.1 Å². The van der Waals surface area contributed by atoms with E-state index in [2.05, 4.69) is 46.4 Å². The van der Waals surface area contributed by atoms with Gasteiger partial charge in [-0.25, -0.2) is 4.68 Å². The summed E-state index contributed by atoms with van der Waals surface area (Å²) < 4.78 is 4.73. The molecule has 0 unspecified atom stereocenters. The predicted molar refractivity (Wildman–Crippen MR) is 124 cm³/mol. The highest BCUT2D eigenvalue weighted by Crippen LogP contribution is 2.22. The first-order valence-corrected chi connectivity index (χ1v) is 10.8. The van der Waals surface area contributed by atoms with Gasteiger partial charge in [0, 0.05) is 56.1 Å². The summed E-state index contributed by atoms with van der Waals surface area (Å²) in [4.78, 5) is 15.1. The lowest BCUT2D eigenvalue weighted by atomic mass is 10.1. The first-order valence-electron chi connectivity index (χ1n) is 10.4. The number of non-ortho nitro benzene ring substituents is 1. The molecule has 1 saturated heterocycles. The molecular formula is C22H26N6O2S. The lowest BCUT2D eigenvalue weighted by molar-refractivity contribution is -0.384. The molecule has 9 heteroatoms. The minimum absolute atomic E-state index is 0.118. The lowest BCUT2D eigenvalue weighted by Gasteiger charge is -2.35. The Labute approximate surface area is 186 Å².